The molecule has 0 radical (unpaired) electrons. The van der Waals surface area contributed by atoms with Crippen LogP contribution >= 0.6 is 0 Å². The molecule has 5 aromatic rings. The molecule has 0 aromatic heterocycles. The summed E-state index contributed by atoms with van der Waals surface area (Å²) >= 11 is 0. The Labute approximate surface area is 257 Å². The van der Waals surface area contributed by atoms with Crippen LogP contribution < -0.4 is 9.80 Å². The fourth-order valence-electron chi connectivity index (χ4n) is 9.00. The highest BCUT2D eigenvalue weighted by Crippen LogP contribution is 2.60. The molecule has 0 spiro atoms. The molecule has 0 saturated heterocycles. The van der Waals surface area contributed by atoms with E-state index in [1.807, 2.05) is 0 Å². The molecule has 6 aliphatic rings. The molecular weight excluding hydrogens is 532 g/mol. The number of para-hydroxylation sites is 2. The van der Waals surface area contributed by atoms with Crippen LogP contribution in [0.25, 0.3) is 33.4 Å². The number of hydrogen-bond acceptors (Lipinski definition) is 2. The lowest BCUT2D eigenvalue weighted by Gasteiger charge is -2.48. The Morgan fingerprint density at radius 2 is 0.795 bits per heavy atom. The molecule has 44 heavy (non-hydrogen) atoms. The van der Waals surface area contributed by atoms with Gasteiger partial charge in [0.1, 0.15) is 0 Å². The first-order valence-corrected chi connectivity index (χ1v) is 15.8. The van der Waals surface area contributed by atoms with Crippen LogP contribution in [-0.2, 0) is 0 Å². The highest BCUT2D eigenvalue weighted by Gasteiger charge is 2.45. The Bertz CT molecular complexity index is 2100. The Hall–Kier alpha value is -5.34. The zero-order chi connectivity index (χ0) is 28.5. The van der Waals surface area contributed by atoms with E-state index in [1.165, 1.54) is 89.5 Å². The smallest absolute Gasteiger partial charge is 0.0857 e. The van der Waals surface area contributed by atoms with Gasteiger partial charge in [0.15, 0.2) is 0 Å². The first kappa shape index (κ1) is 23.2. The van der Waals surface area contributed by atoms with E-state index in [0.29, 0.717) is 0 Å². The third kappa shape index (κ3) is 2.73. The second kappa shape index (κ2) is 8.18. The molecule has 5 aromatic carbocycles. The summed E-state index contributed by atoms with van der Waals surface area (Å²) in [5.74, 6) is 0. The maximum atomic E-state index is 2.63. The van der Waals surface area contributed by atoms with Crippen molar-refractivity contribution in [2.45, 2.75) is 24.9 Å². The summed E-state index contributed by atoms with van der Waals surface area (Å²) in [6.45, 7) is 0. The van der Waals surface area contributed by atoms with Crippen molar-refractivity contribution in [2.75, 3.05) is 9.80 Å². The van der Waals surface area contributed by atoms with Gasteiger partial charge in [-0.05, 0) is 81.6 Å². The highest BCUT2D eigenvalue weighted by molar-refractivity contribution is 6.01. The normalized spacial score (nSPS) is 20.5. The highest BCUT2D eigenvalue weighted by atomic mass is 15.2. The Morgan fingerprint density at radius 1 is 0.386 bits per heavy atom. The van der Waals surface area contributed by atoms with Crippen LogP contribution in [0.4, 0.5) is 11.4 Å². The molecule has 0 amide bonds. The van der Waals surface area contributed by atoms with Crippen LogP contribution in [-0.4, -0.2) is 0 Å². The van der Waals surface area contributed by atoms with Crippen LogP contribution in [0.1, 0.15) is 58.3 Å². The van der Waals surface area contributed by atoms with Crippen molar-refractivity contribution in [3.63, 3.8) is 0 Å². The molecule has 11 rings (SSSR count). The van der Waals surface area contributed by atoms with Crippen LogP contribution in [0, 0.1) is 0 Å². The number of nitrogens with zero attached hydrogens (tertiary/aromatic N) is 2. The van der Waals surface area contributed by atoms with Gasteiger partial charge in [-0.1, -0.05) is 109 Å². The lowest BCUT2D eigenvalue weighted by atomic mass is 9.73. The van der Waals surface area contributed by atoms with Crippen molar-refractivity contribution in [3.8, 4) is 22.3 Å². The first-order valence-electron chi connectivity index (χ1n) is 15.8. The maximum Gasteiger partial charge on any atom is 0.0857 e. The zero-order valence-corrected chi connectivity index (χ0v) is 24.2. The van der Waals surface area contributed by atoms with Crippen molar-refractivity contribution in [3.05, 3.63) is 178 Å². The Balaban J connectivity index is 1.25. The van der Waals surface area contributed by atoms with Crippen LogP contribution in [0.3, 0.4) is 0 Å². The van der Waals surface area contributed by atoms with Crippen molar-refractivity contribution >= 4 is 22.5 Å². The molecule has 2 aliphatic carbocycles. The average Bonchev–Trinajstić information content (AvgIpc) is 3.78. The average molecular weight is 561 g/mol. The number of anilines is 2. The van der Waals surface area contributed by atoms with E-state index >= 15 is 0 Å². The zero-order valence-electron chi connectivity index (χ0n) is 24.2. The van der Waals surface area contributed by atoms with Gasteiger partial charge in [-0.3, -0.25) is 0 Å². The van der Waals surface area contributed by atoms with E-state index in [1.54, 1.807) is 0 Å². The fourth-order valence-corrected chi connectivity index (χ4v) is 9.00. The van der Waals surface area contributed by atoms with Gasteiger partial charge in [0.05, 0.1) is 12.1 Å². The Morgan fingerprint density at radius 3 is 1.27 bits per heavy atom. The van der Waals surface area contributed by atoms with Gasteiger partial charge in [-0.15, -0.1) is 0 Å². The number of benzene rings is 5. The number of hydrogen-bond donors (Lipinski definition) is 0. The standard InChI is InChI=1S/C42H28N2/c1-3-15-31-25(11-1)27-17-9-21-39(27)43-37-19-7-5-13-29(37)33-24-36-34(23-35(33)41(31)43)30-14-6-8-20-38(30)44-40-22-10-18-28(40)26-12-2-4-16-32(26)42(36)44/h1-8,11-24,41-42H,9-10H2. The third-order valence-electron chi connectivity index (χ3n) is 10.7. The van der Waals surface area contributed by atoms with E-state index in [0.717, 1.165) is 12.8 Å². The molecule has 4 aliphatic heterocycles. The number of rotatable bonds is 0. The summed E-state index contributed by atoms with van der Waals surface area (Å²) in [5.41, 5.74) is 21.8. The van der Waals surface area contributed by atoms with E-state index < -0.39 is 0 Å². The summed E-state index contributed by atoms with van der Waals surface area (Å²) in [7, 11) is 0. The second-order valence-corrected chi connectivity index (χ2v) is 12.7. The molecule has 0 N–H and O–H groups in total. The van der Waals surface area contributed by atoms with Gasteiger partial charge in [0, 0.05) is 45.0 Å². The summed E-state index contributed by atoms with van der Waals surface area (Å²) in [5, 5.41) is 0. The van der Waals surface area contributed by atoms with Crippen LogP contribution in [0.5, 0.6) is 0 Å². The summed E-state index contributed by atoms with van der Waals surface area (Å²) in [4.78, 5) is 5.26. The van der Waals surface area contributed by atoms with Crippen LogP contribution in [0.15, 0.2) is 145 Å². The number of allylic oxidation sites excluding steroid dienone is 6. The monoisotopic (exact) mass is 560 g/mol. The minimum absolute atomic E-state index is 0.124. The SMILES string of the molecule is C1=C2C(=CC1)N1c3ccccc3-c3cc4c(cc3C1c1ccccc12)-c1ccccc1N1C2=CCC=C2c2ccccc2C41. The molecule has 0 bridgehead atoms. The lowest BCUT2D eigenvalue weighted by Crippen LogP contribution is -2.38. The molecule has 2 atom stereocenters. The van der Waals surface area contributed by atoms with Gasteiger partial charge < -0.3 is 9.80 Å². The predicted octanol–water partition coefficient (Wildman–Crippen LogP) is 10.2. The maximum absolute atomic E-state index is 2.63. The predicted molar refractivity (Wildman–Crippen MR) is 180 cm³/mol. The van der Waals surface area contributed by atoms with Gasteiger partial charge in [0.25, 0.3) is 0 Å². The van der Waals surface area contributed by atoms with E-state index in [4.69, 9.17) is 0 Å². The summed E-state index contributed by atoms with van der Waals surface area (Å²) < 4.78 is 0. The number of fused-ring (bicyclic) bond motifs is 22. The van der Waals surface area contributed by atoms with Crippen molar-refractivity contribution < 1.29 is 0 Å². The van der Waals surface area contributed by atoms with E-state index in [9.17, 15) is 0 Å². The molecule has 0 fully saturated rings. The largest absolute Gasteiger partial charge is 0.329 e. The van der Waals surface area contributed by atoms with Gasteiger partial charge in [-0.25, -0.2) is 0 Å². The van der Waals surface area contributed by atoms with E-state index in [2.05, 4.69) is 143 Å². The molecule has 4 heterocycles. The topological polar surface area (TPSA) is 6.48 Å². The molecule has 0 saturated carbocycles. The molecule has 2 heteroatoms. The van der Waals surface area contributed by atoms with Gasteiger partial charge >= 0.3 is 0 Å². The van der Waals surface area contributed by atoms with Gasteiger partial charge in [0.2, 0.25) is 0 Å². The minimum Gasteiger partial charge on any atom is -0.329 e. The first-order chi connectivity index (χ1) is 21.9. The quantitative estimate of drug-likeness (QED) is 0.186. The molecule has 2 unspecified atom stereocenters. The second-order valence-electron chi connectivity index (χ2n) is 12.7. The molecular formula is C42H28N2. The van der Waals surface area contributed by atoms with E-state index in [-0.39, 0.29) is 12.1 Å². The van der Waals surface area contributed by atoms with Crippen LogP contribution in [0.2, 0.25) is 0 Å². The fraction of sp³-hybridized carbons (Fsp3) is 0.0952. The summed E-state index contributed by atoms with van der Waals surface area (Å²) in [6, 6.07) is 41.7. The van der Waals surface area contributed by atoms with Gasteiger partial charge in [-0.2, -0.15) is 0 Å². The third-order valence-corrected chi connectivity index (χ3v) is 10.7. The summed E-state index contributed by atoms with van der Waals surface area (Å²) in [6.07, 6.45) is 11.6. The van der Waals surface area contributed by atoms with Crippen molar-refractivity contribution in [1.29, 1.82) is 0 Å². The molecule has 2 nitrogen and oxygen atoms in total. The van der Waals surface area contributed by atoms with Crippen molar-refractivity contribution in [2.24, 2.45) is 0 Å². The molecule has 206 valence electrons. The minimum atomic E-state index is 0.124. The lowest BCUT2D eigenvalue weighted by molar-refractivity contribution is 0.754. The Kier molecular flexibility index (Phi) is 4.31. The van der Waals surface area contributed by atoms with Crippen molar-refractivity contribution in [1.82, 2.24) is 0 Å².